The van der Waals surface area contributed by atoms with Crippen molar-refractivity contribution in [3.05, 3.63) is 92.1 Å². The van der Waals surface area contributed by atoms with Gasteiger partial charge in [0.25, 0.3) is 0 Å². The molecule has 0 bridgehead atoms. The second-order valence-electron chi connectivity index (χ2n) is 8.18. The van der Waals surface area contributed by atoms with Crippen LogP contribution in [0.1, 0.15) is 27.9 Å². The summed E-state index contributed by atoms with van der Waals surface area (Å²) in [4.78, 5) is 24.7. The summed E-state index contributed by atoms with van der Waals surface area (Å²) in [6.45, 7) is 6.05. The number of aryl methyl sites for hydroxylation is 2. The Bertz CT molecular complexity index is 1350. The van der Waals surface area contributed by atoms with Gasteiger partial charge in [-0.1, -0.05) is 17.7 Å². The lowest BCUT2D eigenvalue weighted by atomic mass is 10.0. The summed E-state index contributed by atoms with van der Waals surface area (Å²) in [6.07, 6.45) is 4.32. The Balaban J connectivity index is 1.38. The predicted octanol–water partition coefficient (Wildman–Crippen LogP) is 5.08. The van der Waals surface area contributed by atoms with Crippen LogP contribution in [0.15, 0.2) is 58.1 Å². The number of hydrogen-bond donors (Lipinski definition) is 0. The van der Waals surface area contributed by atoms with Crippen LogP contribution in [-0.2, 0) is 19.5 Å². The SMILES string of the molecule is Cc1cc(C)c2c(=O)c(CN3CCc4nc(-c5ccc(Cl)cc5)ncc4C3)coc2c1. The molecule has 2 aromatic carbocycles. The Kier molecular flexibility index (Phi) is 5.08. The molecular weight excluding hydrogens is 410 g/mol. The van der Waals surface area contributed by atoms with Gasteiger partial charge in [-0.2, -0.15) is 0 Å². The molecule has 31 heavy (non-hydrogen) atoms. The normalized spacial score (nSPS) is 14.0. The summed E-state index contributed by atoms with van der Waals surface area (Å²) in [7, 11) is 0. The fourth-order valence-electron chi connectivity index (χ4n) is 4.26. The molecule has 0 saturated heterocycles. The number of benzene rings is 2. The van der Waals surface area contributed by atoms with Gasteiger partial charge in [0.1, 0.15) is 5.58 Å². The van der Waals surface area contributed by atoms with E-state index in [0.29, 0.717) is 40.5 Å². The molecule has 4 aromatic rings. The lowest BCUT2D eigenvalue weighted by Gasteiger charge is -2.27. The van der Waals surface area contributed by atoms with Crippen LogP contribution in [0.5, 0.6) is 0 Å². The van der Waals surface area contributed by atoms with E-state index in [4.69, 9.17) is 21.0 Å². The highest BCUT2D eigenvalue weighted by Gasteiger charge is 2.21. The summed E-state index contributed by atoms with van der Waals surface area (Å²) >= 11 is 5.98. The Morgan fingerprint density at radius 1 is 1.16 bits per heavy atom. The van der Waals surface area contributed by atoms with E-state index >= 15 is 0 Å². The maximum absolute atomic E-state index is 13.1. The minimum Gasteiger partial charge on any atom is -0.464 e. The second-order valence-corrected chi connectivity index (χ2v) is 8.61. The van der Waals surface area contributed by atoms with Crippen molar-refractivity contribution in [3.8, 4) is 11.4 Å². The summed E-state index contributed by atoms with van der Waals surface area (Å²) in [5.74, 6) is 0.713. The van der Waals surface area contributed by atoms with Crippen molar-refractivity contribution in [2.45, 2.75) is 33.4 Å². The zero-order chi connectivity index (χ0) is 21.5. The number of halogens is 1. The molecule has 1 aliphatic rings. The maximum atomic E-state index is 13.1. The van der Waals surface area contributed by atoms with Gasteiger partial charge in [-0.15, -0.1) is 0 Å². The molecule has 0 saturated carbocycles. The lowest BCUT2D eigenvalue weighted by Crippen LogP contribution is -2.32. The number of aromatic nitrogens is 2. The molecule has 0 radical (unpaired) electrons. The lowest BCUT2D eigenvalue weighted by molar-refractivity contribution is 0.240. The van der Waals surface area contributed by atoms with Crippen LogP contribution in [0.2, 0.25) is 5.02 Å². The topological polar surface area (TPSA) is 59.2 Å². The average Bonchev–Trinajstić information content (AvgIpc) is 2.75. The molecule has 0 aliphatic carbocycles. The Labute approximate surface area is 185 Å². The van der Waals surface area contributed by atoms with E-state index in [2.05, 4.69) is 9.88 Å². The smallest absolute Gasteiger partial charge is 0.197 e. The highest BCUT2D eigenvalue weighted by Crippen LogP contribution is 2.24. The molecule has 1 aliphatic heterocycles. The van der Waals surface area contributed by atoms with Gasteiger partial charge in [0.2, 0.25) is 0 Å². The summed E-state index contributed by atoms with van der Waals surface area (Å²) < 4.78 is 5.81. The summed E-state index contributed by atoms with van der Waals surface area (Å²) in [5.41, 5.74) is 6.55. The first-order valence-electron chi connectivity index (χ1n) is 10.3. The summed E-state index contributed by atoms with van der Waals surface area (Å²) in [6, 6.07) is 11.5. The van der Waals surface area contributed by atoms with Crippen LogP contribution in [0.4, 0.5) is 0 Å². The van der Waals surface area contributed by atoms with Crippen LogP contribution >= 0.6 is 11.6 Å². The van der Waals surface area contributed by atoms with Gasteiger partial charge < -0.3 is 4.42 Å². The van der Waals surface area contributed by atoms with Crippen molar-refractivity contribution >= 4 is 22.6 Å². The molecule has 3 heterocycles. The zero-order valence-electron chi connectivity index (χ0n) is 17.5. The van der Waals surface area contributed by atoms with Crippen molar-refractivity contribution in [2.75, 3.05) is 6.54 Å². The molecule has 2 aromatic heterocycles. The fraction of sp³-hybridized carbons (Fsp3) is 0.240. The molecule has 0 amide bonds. The Morgan fingerprint density at radius 3 is 2.77 bits per heavy atom. The zero-order valence-corrected chi connectivity index (χ0v) is 18.2. The molecule has 5 nitrogen and oxygen atoms in total. The van der Waals surface area contributed by atoms with Crippen molar-refractivity contribution < 1.29 is 4.42 Å². The van der Waals surface area contributed by atoms with Crippen LogP contribution in [0.3, 0.4) is 0 Å². The Morgan fingerprint density at radius 2 is 1.97 bits per heavy atom. The van der Waals surface area contributed by atoms with E-state index in [1.165, 1.54) is 0 Å². The third-order valence-electron chi connectivity index (χ3n) is 5.80. The predicted molar refractivity (Wildman–Crippen MR) is 122 cm³/mol. The number of rotatable bonds is 3. The fourth-order valence-corrected chi connectivity index (χ4v) is 4.38. The van der Waals surface area contributed by atoms with E-state index < -0.39 is 0 Å². The molecule has 5 rings (SSSR count). The van der Waals surface area contributed by atoms with Crippen molar-refractivity contribution in [3.63, 3.8) is 0 Å². The third kappa shape index (κ3) is 3.87. The molecule has 0 N–H and O–H groups in total. The molecule has 156 valence electrons. The molecule has 0 atom stereocenters. The van der Waals surface area contributed by atoms with Crippen LogP contribution in [0.25, 0.3) is 22.4 Å². The number of fused-ring (bicyclic) bond motifs is 2. The first-order chi connectivity index (χ1) is 15.0. The number of hydrogen-bond acceptors (Lipinski definition) is 5. The van der Waals surface area contributed by atoms with Gasteiger partial charge >= 0.3 is 0 Å². The molecule has 0 unspecified atom stereocenters. The van der Waals surface area contributed by atoms with Crippen LogP contribution < -0.4 is 5.43 Å². The third-order valence-corrected chi connectivity index (χ3v) is 6.05. The second kappa shape index (κ2) is 7.91. The van der Waals surface area contributed by atoms with Gasteiger partial charge in [0, 0.05) is 54.0 Å². The molecule has 0 spiro atoms. The Hall–Kier alpha value is -3.02. The monoisotopic (exact) mass is 431 g/mol. The minimum absolute atomic E-state index is 0.0545. The summed E-state index contributed by atoms with van der Waals surface area (Å²) in [5, 5.41) is 1.37. The first kappa shape index (κ1) is 19.9. The first-order valence-corrected chi connectivity index (χ1v) is 10.7. The van der Waals surface area contributed by atoms with Crippen LogP contribution in [-0.4, -0.2) is 21.4 Å². The van der Waals surface area contributed by atoms with E-state index in [1.807, 2.05) is 56.4 Å². The van der Waals surface area contributed by atoms with Crippen LogP contribution in [0, 0.1) is 13.8 Å². The minimum atomic E-state index is 0.0545. The highest BCUT2D eigenvalue weighted by molar-refractivity contribution is 6.30. The average molecular weight is 432 g/mol. The highest BCUT2D eigenvalue weighted by atomic mass is 35.5. The van der Waals surface area contributed by atoms with Crippen molar-refractivity contribution in [1.82, 2.24) is 14.9 Å². The largest absolute Gasteiger partial charge is 0.464 e. The number of nitrogens with zero attached hydrogens (tertiary/aromatic N) is 3. The van der Waals surface area contributed by atoms with Gasteiger partial charge in [-0.25, -0.2) is 9.97 Å². The maximum Gasteiger partial charge on any atom is 0.197 e. The van der Waals surface area contributed by atoms with Gasteiger partial charge in [0.15, 0.2) is 11.3 Å². The van der Waals surface area contributed by atoms with Gasteiger partial charge in [0.05, 0.1) is 17.3 Å². The molecule has 6 heteroatoms. The molecular formula is C25H22ClN3O2. The van der Waals surface area contributed by atoms with Gasteiger partial charge in [-0.05, 0) is 55.3 Å². The van der Waals surface area contributed by atoms with Gasteiger partial charge in [-0.3, -0.25) is 9.69 Å². The van der Waals surface area contributed by atoms with Crippen molar-refractivity contribution in [2.24, 2.45) is 0 Å². The van der Waals surface area contributed by atoms with Crippen molar-refractivity contribution in [1.29, 1.82) is 0 Å². The van der Waals surface area contributed by atoms with E-state index in [0.717, 1.165) is 40.9 Å². The van der Waals surface area contributed by atoms with E-state index in [-0.39, 0.29) is 5.43 Å². The molecule has 0 fully saturated rings. The van der Waals surface area contributed by atoms with E-state index in [9.17, 15) is 4.79 Å². The van der Waals surface area contributed by atoms with E-state index in [1.54, 1.807) is 6.26 Å². The standard InChI is InChI=1S/C25H22ClN3O2/c1-15-9-16(2)23-22(10-15)31-14-19(24(23)30)13-29-8-7-21-18(12-29)11-27-25(28-21)17-3-5-20(26)6-4-17/h3-6,9-11,14H,7-8,12-13H2,1-2H3. The quantitative estimate of drug-likeness (QED) is 0.452.